The summed E-state index contributed by atoms with van der Waals surface area (Å²) in [5.41, 5.74) is -1.64. The summed E-state index contributed by atoms with van der Waals surface area (Å²) in [7, 11) is 1.56. The average Bonchev–Trinajstić information content (AvgIpc) is 2.94. The van der Waals surface area contributed by atoms with Gasteiger partial charge in [-0.25, -0.2) is 0 Å². The van der Waals surface area contributed by atoms with Crippen molar-refractivity contribution in [2.75, 3.05) is 25.5 Å². The van der Waals surface area contributed by atoms with Gasteiger partial charge in [-0.05, 0) is 91.5 Å². The van der Waals surface area contributed by atoms with E-state index in [1.165, 1.54) is 0 Å². The molecule has 0 radical (unpaired) electrons. The summed E-state index contributed by atoms with van der Waals surface area (Å²) in [5, 5.41) is 6.61. The summed E-state index contributed by atoms with van der Waals surface area (Å²) < 4.78 is 86.1. The van der Waals surface area contributed by atoms with E-state index in [2.05, 4.69) is 27.4 Å². The molecule has 3 fully saturated rings. The van der Waals surface area contributed by atoms with Gasteiger partial charge in [0.15, 0.2) is 5.11 Å². The van der Waals surface area contributed by atoms with Crippen LogP contribution in [-0.2, 0) is 12.4 Å². The van der Waals surface area contributed by atoms with E-state index in [0.29, 0.717) is 29.7 Å². The van der Waals surface area contributed by atoms with Gasteiger partial charge in [0.25, 0.3) is 0 Å². The van der Waals surface area contributed by atoms with E-state index in [0.717, 1.165) is 48.8 Å². The maximum absolute atomic E-state index is 13.4. The standard InChI is InChI=1S/C29H30F6N4OS/c1-3-16-15-39-9-7-17(16)10-25(39)26(22-6-8-36-24-5-4-21(40-2)14-23(22)24)38-27(41)37-20-12-18(28(30,31)32)11-19(13-20)29(33,34)35/h4-6,8,11-14,16-17,25-26H,3,7,9-10,15H2,1-2H3,(H2,37,38,41)/t16?,17?,25-,26+/m0/s1. The predicted molar refractivity (Wildman–Crippen MR) is 149 cm³/mol. The zero-order chi connectivity index (χ0) is 29.5. The Hall–Kier alpha value is -3.12. The van der Waals surface area contributed by atoms with E-state index < -0.39 is 35.2 Å². The third kappa shape index (κ3) is 6.23. The zero-order valence-corrected chi connectivity index (χ0v) is 23.3. The van der Waals surface area contributed by atoms with Crippen LogP contribution in [0.4, 0.5) is 32.0 Å². The highest BCUT2D eigenvalue weighted by Crippen LogP contribution is 2.43. The molecule has 3 aliphatic rings. The number of thiocarbonyl (C=S) groups is 1. The first-order valence-electron chi connectivity index (χ1n) is 13.4. The van der Waals surface area contributed by atoms with Crippen molar-refractivity contribution in [3.05, 3.63) is 65.4 Å². The molecular formula is C29H30F6N4OS. The molecule has 2 aromatic carbocycles. The molecule has 12 heteroatoms. The first-order valence-corrected chi connectivity index (χ1v) is 13.8. The summed E-state index contributed by atoms with van der Waals surface area (Å²) >= 11 is 5.51. The maximum atomic E-state index is 13.4. The number of aromatic nitrogens is 1. The lowest BCUT2D eigenvalue weighted by Crippen LogP contribution is -2.58. The van der Waals surface area contributed by atoms with Gasteiger partial charge in [0.1, 0.15) is 5.75 Å². The van der Waals surface area contributed by atoms with Crippen molar-refractivity contribution in [3.63, 3.8) is 0 Å². The molecule has 3 saturated heterocycles. The fourth-order valence-corrected chi connectivity index (χ4v) is 6.50. The lowest BCUT2D eigenvalue weighted by atomic mass is 9.72. The fraction of sp³-hybridized carbons (Fsp3) is 0.448. The van der Waals surface area contributed by atoms with Gasteiger partial charge in [0, 0.05) is 29.9 Å². The smallest absolute Gasteiger partial charge is 0.416 e. The molecular weight excluding hydrogens is 566 g/mol. The number of rotatable bonds is 6. The molecule has 2 N–H and O–H groups in total. The van der Waals surface area contributed by atoms with Gasteiger partial charge in [-0.15, -0.1) is 0 Å². The highest BCUT2D eigenvalue weighted by atomic mass is 32.1. The van der Waals surface area contributed by atoms with E-state index >= 15 is 0 Å². The van der Waals surface area contributed by atoms with Crippen LogP contribution in [0.3, 0.4) is 0 Å². The number of anilines is 1. The lowest BCUT2D eigenvalue weighted by Gasteiger charge is -2.52. The molecule has 5 atom stereocenters. The second kappa shape index (κ2) is 11.3. The van der Waals surface area contributed by atoms with Crippen LogP contribution >= 0.6 is 12.2 Å². The van der Waals surface area contributed by atoms with Crippen LogP contribution in [0.25, 0.3) is 10.9 Å². The van der Waals surface area contributed by atoms with Crippen molar-refractivity contribution >= 4 is 33.9 Å². The van der Waals surface area contributed by atoms with E-state index in [1.807, 2.05) is 18.2 Å². The van der Waals surface area contributed by atoms with Crippen LogP contribution in [0.1, 0.15) is 48.9 Å². The number of hydrogen-bond donors (Lipinski definition) is 2. The van der Waals surface area contributed by atoms with Gasteiger partial charge in [-0.3, -0.25) is 9.88 Å². The van der Waals surface area contributed by atoms with Crippen LogP contribution < -0.4 is 15.4 Å². The number of pyridine rings is 1. The predicted octanol–water partition coefficient (Wildman–Crippen LogP) is 7.43. The summed E-state index contributed by atoms with van der Waals surface area (Å²) in [6, 6.07) is 8.32. The van der Waals surface area contributed by atoms with Gasteiger partial charge in [0.05, 0.1) is 29.8 Å². The summed E-state index contributed by atoms with van der Waals surface area (Å²) in [6.45, 7) is 4.00. The minimum absolute atomic E-state index is 0.000321. The Labute approximate surface area is 239 Å². The molecule has 3 aromatic rings. The number of halogens is 6. The largest absolute Gasteiger partial charge is 0.497 e. The number of methoxy groups -OCH3 is 1. The number of alkyl halides is 6. The Morgan fingerprint density at radius 2 is 1.78 bits per heavy atom. The molecule has 6 rings (SSSR count). The lowest BCUT2D eigenvalue weighted by molar-refractivity contribution is -0.143. The third-order valence-corrected chi connectivity index (χ3v) is 8.51. The van der Waals surface area contributed by atoms with E-state index in [-0.39, 0.29) is 17.2 Å². The molecule has 3 aliphatic heterocycles. The Morgan fingerprint density at radius 3 is 2.37 bits per heavy atom. The second-order valence-electron chi connectivity index (χ2n) is 10.7. The van der Waals surface area contributed by atoms with Crippen molar-refractivity contribution in [3.8, 4) is 5.75 Å². The Bertz CT molecular complexity index is 1400. The average molecular weight is 597 g/mol. The van der Waals surface area contributed by atoms with Crippen molar-refractivity contribution < 1.29 is 31.1 Å². The molecule has 41 heavy (non-hydrogen) atoms. The van der Waals surface area contributed by atoms with Gasteiger partial charge in [0.2, 0.25) is 0 Å². The van der Waals surface area contributed by atoms with Crippen molar-refractivity contribution in [1.29, 1.82) is 0 Å². The second-order valence-corrected chi connectivity index (χ2v) is 11.1. The normalized spacial score (nSPS) is 23.3. The first kappa shape index (κ1) is 29.4. The number of ether oxygens (including phenoxy) is 1. The molecule has 0 saturated carbocycles. The van der Waals surface area contributed by atoms with Gasteiger partial charge >= 0.3 is 12.4 Å². The Kier molecular flexibility index (Phi) is 8.08. The number of piperidine rings is 3. The van der Waals surface area contributed by atoms with Crippen LogP contribution in [0.2, 0.25) is 0 Å². The van der Waals surface area contributed by atoms with Crippen molar-refractivity contribution in [2.45, 2.75) is 50.6 Å². The number of nitrogens with zero attached hydrogens (tertiary/aromatic N) is 2. The quantitative estimate of drug-likeness (QED) is 0.228. The number of fused-ring (bicyclic) bond motifs is 4. The summed E-state index contributed by atoms with van der Waals surface area (Å²) in [5.74, 6) is 1.72. The number of benzene rings is 2. The third-order valence-electron chi connectivity index (χ3n) is 8.29. The summed E-state index contributed by atoms with van der Waals surface area (Å²) in [6.07, 6.45) is -5.21. The van der Waals surface area contributed by atoms with E-state index in [4.69, 9.17) is 17.0 Å². The van der Waals surface area contributed by atoms with Crippen LogP contribution in [0.15, 0.2) is 48.7 Å². The van der Waals surface area contributed by atoms with Crippen LogP contribution in [0, 0.1) is 11.8 Å². The van der Waals surface area contributed by atoms with Crippen LogP contribution in [0.5, 0.6) is 5.75 Å². The fourth-order valence-electron chi connectivity index (χ4n) is 6.25. The SMILES string of the molecule is CCC1CN2CCC1C[C@H]2[C@H](NC(=S)Nc1cc(C(F)(F)F)cc(C(F)(F)F)c1)c1ccnc2ccc(OC)cc12. The Balaban J connectivity index is 1.51. The van der Waals surface area contributed by atoms with E-state index in [9.17, 15) is 26.3 Å². The molecule has 3 unspecified atom stereocenters. The van der Waals surface area contributed by atoms with Crippen LogP contribution in [-0.4, -0.2) is 41.2 Å². The number of hydrogen-bond acceptors (Lipinski definition) is 4. The molecule has 1 aromatic heterocycles. The monoisotopic (exact) mass is 596 g/mol. The highest BCUT2D eigenvalue weighted by Gasteiger charge is 2.43. The van der Waals surface area contributed by atoms with Gasteiger partial charge < -0.3 is 15.4 Å². The molecule has 0 aliphatic carbocycles. The molecule has 220 valence electrons. The van der Waals surface area contributed by atoms with Gasteiger partial charge in [-0.2, -0.15) is 26.3 Å². The number of nitrogens with one attached hydrogen (secondary N) is 2. The highest BCUT2D eigenvalue weighted by molar-refractivity contribution is 7.80. The van der Waals surface area contributed by atoms with Crippen molar-refractivity contribution in [2.24, 2.45) is 11.8 Å². The maximum Gasteiger partial charge on any atom is 0.416 e. The minimum atomic E-state index is -4.96. The Morgan fingerprint density at radius 1 is 1.07 bits per heavy atom. The molecule has 5 nitrogen and oxygen atoms in total. The van der Waals surface area contributed by atoms with E-state index in [1.54, 1.807) is 19.4 Å². The minimum Gasteiger partial charge on any atom is -0.497 e. The first-order chi connectivity index (χ1) is 19.4. The van der Waals surface area contributed by atoms with Crippen molar-refractivity contribution in [1.82, 2.24) is 15.2 Å². The molecule has 4 heterocycles. The molecule has 0 amide bonds. The molecule has 2 bridgehead atoms. The molecule has 0 spiro atoms. The van der Waals surface area contributed by atoms with Gasteiger partial charge in [-0.1, -0.05) is 13.3 Å². The topological polar surface area (TPSA) is 49.4 Å². The summed E-state index contributed by atoms with van der Waals surface area (Å²) in [4.78, 5) is 6.88. The zero-order valence-electron chi connectivity index (χ0n) is 22.4.